The molecule has 6 heteroatoms. The number of aromatic nitrogens is 4. The summed E-state index contributed by atoms with van der Waals surface area (Å²) >= 11 is 0. The molecule has 0 saturated heterocycles. The second-order valence-electron chi connectivity index (χ2n) is 8.18. The number of aromatic amines is 2. The van der Waals surface area contributed by atoms with E-state index in [0.29, 0.717) is 0 Å². The average molecular weight is 407 g/mol. The Morgan fingerprint density at radius 2 is 1.87 bits per heavy atom. The number of H-pyrrole nitrogens is 2. The van der Waals surface area contributed by atoms with Crippen LogP contribution < -0.4 is 5.32 Å². The molecule has 1 fully saturated rings. The predicted octanol–water partition coefficient (Wildman–Crippen LogP) is 5.51. The van der Waals surface area contributed by atoms with Crippen LogP contribution in [0.15, 0.2) is 67.0 Å². The van der Waals surface area contributed by atoms with Crippen LogP contribution in [-0.2, 0) is 4.79 Å². The van der Waals surface area contributed by atoms with Crippen LogP contribution in [0.2, 0.25) is 0 Å². The molecular formula is C25H21N5O. The molecule has 0 radical (unpaired) electrons. The number of para-hydroxylation sites is 1. The number of hydrogen-bond acceptors (Lipinski definition) is 3. The molecule has 3 heterocycles. The van der Waals surface area contributed by atoms with Gasteiger partial charge in [-0.15, -0.1) is 0 Å². The minimum atomic E-state index is 0.0941. The van der Waals surface area contributed by atoms with Gasteiger partial charge in [0.05, 0.1) is 23.1 Å². The van der Waals surface area contributed by atoms with Crippen molar-refractivity contribution in [2.45, 2.75) is 19.3 Å². The lowest BCUT2D eigenvalue weighted by Gasteiger charge is -2.24. The van der Waals surface area contributed by atoms with E-state index in [2.05, 4.69) is 49.7 Å². The van der Waals surface area contributed by atoms with E-state index in [-0.39, 0.29) is 11.8 Å². The fourth-order valence-corrected chi connectivity index (χ4v) is 4.18. The number of amides is 1. The summed E-state index contributed by atoms with van der Waals surface area (Å²) in [7, 11) is 0. The normalized spacial score (nSPS) is 14.1. The molecule has 5 aromatic rings. The zero-order valence-electron chi connectivity index (χ0n) is 16.9. The predicted molar refractivity (Wildman–Crippen MR) is 123 cm³/mol. The van der Waals surface area contributed by atoms with Gasteiger partial charge in [-0.3, -0.25) is 14.9 Å². The van der Waals surface area contributed by atoms with Gasteiger partial charge < -0.3 is 10.3 Å². The topological polar surface area (TPSA) is 86.5 Å². The fourth-order valence-electron chi connectivity index (χ4n) is 4.18. The standard InChI is InChI=1S/C25H21N5O/c31-25(15-5-3-6-15)27-19-10-18(13-26-14-19)16-8-9-22-20(11-16)24(30-29-22)23-12-17-4-1-2-7-21(17)28-23/h1-2,4,7-15,28H,3,5-6H2,(H,27,31)(H,29,30). The van der Waals surface area contributed by atoms with Crippen LogP contribution in [-0.4, -0.2) is 26.1 Å². The van der Waals surface area contributed by atoms with Gasteiger partial charge in [0, 0.05) is 34.0 Å². The molecule has 3 N–H and O–H groups in total. The highest BCUT2D eigenvalue weighted by molar-refractivity contribution is 5.98. The van der Waals surface area contributed by atoms with Crippen molar-refractivity contribution in [3.8, 4) is 22.5 Å². The molecule has 3 aromatic heterocycles. The van der Waals surface area contributed by atoms with Gasteiger partial charge in [-0.1, -0.05) is 30.7 Å². The minimum Gasteiger partial charge on any atom is -0.353 e. The summed E-state index contributed by atoms with van der Waals surface area (Å²) in [5, 5.41) is 12.9. The summed E-state index contributed by atoms with van der Waals surface area (Å²) in [4.78, 5) is 20.1. The van der Waals surface area contributed by atoms with Crippen LogP contribution in [0, 0.1) is 5.92 Å². The Hall–Kier alpha value is -3.93. The van der Waals surface area contributed by atoms with Gasteiger partial charge in [0.25, 0.3) is 0 Å². The summed E-state index contributed by atoms with van der Waals surface area (Å²) in [5.41, 5.74) is 6.64. The van der Waals surface area contributed by atoms with Crippen LogP contribution in [0.4, 0.5) is 5.69 Å². The maximum Gasteiger partial charge on any atom is 0.227 e. The fraction of sp³-hybridized carbons (Fsp3) is 0.160. The van der Waals surface area contributed by atoms with E-state index in [1.54, 1.807) is 6.20 Å². The number of anilines is 1. The van der Waals surface area contributed by atoms with Crippen molar-refractivity contribution in [2.75, 3.05) is 5.32 Å². The molecule has 0 unspecified atom stereocenters. The molecule has 0 aliphatic heterocycles. The Labute approximate surface area is 178 Å². The summed E-state index contributed by atoms with van der Waals surface area (Å²) in [6.45, 7) is 0. The number of carbonyl (C=O) groups excluding carboxylic acids is 1. The summed E-state index contributed by atoms with van der Waals surface area (Å²) in [6, 6.07) is 18.5. The van der Waals surface area contributed by atoms with Crippen LogP contribution in [0.25, 0.3) is 44.3 Å². The molecule has 0 bridgehead atoms. The molecule has 1 saturated carbocycles. The highest BCUT2D eigenvalue weighted by Gasteiger charge is 2.25. The van der Waals surface area contributed by atoms with Crippen molar-refractivity contribution in [3.05, 3.63) is 67.0 Å². The third-order valence-corrected chi connectivity index (χ3v) is 6.16. The lowest BCUT2D eigenvalue weighted by molar-refractivity contribution is -0.122. The second kappa shape index (κ2) is 7.09. The third-order valence-electron chi connectivity index (χ3n) is 6.16. The van der Waals surface area contributed by atoms with Crippen LogP contribution in [0.3, 0.4) is 0 Å². The number of pyridine rings is 1. The first-order valence-corrected chi connectivity index (χ1v) is 10.6. The number of nitrogens with zero attached hydrogens (tertiary/aromatic N) is 2. The van der Waals surface area contributed by atoms with E-state index in [9.17, 15) is 4.79 Å². The number of hydrogen-bond donors (Lipinski definition) is 3. The van der Waals surface area contributed by atoms with Gasteiger partial charge in [-0.25, -0.2) is 0 Å². The Morgan fingerprint density at radius 1 is 0.968 bits per heavy atom. The van der Waals surface area contributed by atoms with Crippen molar-refractivity contribution < 1.29 is 4.79 Å². The van der Waals surface area contributed by atoms with E-state index < -0.39 is 0 Å². The van der Waals surface area contributed by atoms with Gasteiger partial charge in [-0.05, 0) is 48.7 Å². The number of fused-ring (bicyclic) bond motifs is 2. The lowest BCUT2D eigenvalue weighted by atomic mass is 9.85. The summed E-state index contributed by atoms with van der Waals surface area (Å²) < 4.78 is 0. The Bertz CT molecular complexity index is 1390. The van der Waals surface area contributed by atoms with Crippen molar-refractivity contribution >= 4 is 33.4 Å². The first-order valence-electron chi connectivity index (χ1n) is 10.6. The van der Waals surface area contributed by atoms with Crippen molar-refractivity contribution in [3.63, 3.8) is 0 Å². The minimum absolute atomic E-state index is 0.0941. The van der Waals surface area contributed by atoms with Crippen molar-refractivity contribution in [2.24, 2.45) is 5.92 Å². The molecule has 6 nitrogen and oxygen atoms in total. The van der Waals surface area contributed by atoms with Gasteiger partial charge in [0.1, 0.15) is 5.69 Å². The highest BCUT2D eigenvalue weighted by atomic mass is 16.1. The number of carbonyl (C=O) groups is 1. The van der Waals surface area contributed by atoms with Gasteiger partial charge in [0.2, 0.25) is 5.91 Å². The summed E-state index contributed by atoms with van der Waals surface area (Å²) in [6.07, 6.45) is 6.62. The monoisotopic (exact) mass is 407 g/mol. The SMILES string of the molecule is O=C(Nc1cncc(-c2ccc3[nH]nc(-c4cc5ccccc5[nH]4)c3c2)c1)C1CCC1. The molecular weight excluding hydrogens is 386 g/mol. The molecule has 2 aromatic carbocycles. The van der Waals surface area contributed by atoms with Gasteiger partial charge in [0.15, 0.2) is 0 Å². The molecule has 31 heavy (non-hydrogen) atoms. The zero-order chi connectivity index (χ0) is 20.8. The molecule has 152 valence electrons. The highest BCUT2D eigenvalue weighted by Crippen LogP contribution is 2.32. The molecule has 1 aliphatic rings. The molecule has 0 atom stereocenters. The van der Waals surface area contributed by atoms with E-state index in [1.807, 2.05) is 36.5 Å². The average Bonchev–Trinajstić information content (AvgIpc) is 3.36. The Morgan fingerprint density at radius 3 is 2.71 bits per heavy atom. The van der Waals surface area contributed by atoms with E-state index in [1.165, 1.54) is 0 Å². The zero-order valence-corrected chi connectivity index (χ0v) is 16.9. The van der Waals surface area contributed by atoms with Gasteiger partial charge >= 0.3 is 0 Å². The van der Waals surface area contributed by atoms with Crippen LogP contribution in [0.1, 0.15) is 19.3 Å². The van der Waals surface area contributed by atoms with Crippen LogP contribution >= 0.6 is 0 Å². The largest absolute Gasteiger partial charge is 0.353 e. The third kappa shape index (κ3) is 3.17. The first kappa shape index (κ1) is 17.9. The number of rotatable bonds is 4. The molecule has 1 amide bonds. The number of benzene rings is 2. The molecule has 0 spiro atoms. The van der Waals surface area contributed by atoms with Gasteiger partial charge in [-0.2, -0.15) is 5.10 Å². The van der Waals surface area contributed by atoms with Crippen LogP contribution in [0.5, 0.6) is 0 Å². The van der Waals surface area contributed by atoms with Crippen molar-refractivity contribution in [1.29, 1.82) is 0 Å². The smallest absolute Gasteiger partial charge is 0.227 e. The second-order valence-corrected chi connectivity index (χ2v) is 8.18. The summed E-state index contributed by atoms with van der Waals surface area (Å²) in [5.74, 6) is 0.237. The van der Waals surface area contributed by atoms with E-state index in [4.69, 9.17) is 0 Å². The maximum atomic E-state index is 12.3. The molecule has 6 rings (SSSR count). The quantitative estimate of drug-likeness (QED) is 0.367. The van der Waals surface area contributed by atoms with E-state index >= 15 is 0 Å². The maximum absolute atomic E-state index is 12.3. The lowest BCUT2D eigenvalue weighted by Crippen LogP contribution is -2.28. The number of nitrogens with one attached hydrogen (secondary N) is 3. The van der Waals surface area contributed by atoms with E-state index in [0.717, 1.165) is 69.3 Å². The Kier molecular flexibility index (Phi) is 4.09. The molecule has 1 aliphatic carbocycles. The Balaban J connectivity index is 1.37. The first-order chi connectivity index (χ1) is 15.2. The van der Waals surface area contributed by atoms with Crippen molar-refractivity contribution in [1.82, 2.24) is 20.2 Å².